The maximum Gasteiger partial charge on any atom is 0.0490 e. The molecule has 1 saturated heterocycles. The molecule has 2 N–H and O–H groups in total. The summed E-state index contributed by atoms with van der Waals surface area (Å²) < 4.78 is 0. The van der Waals surface area contributed by atoms with E-state index in [-0.39, 0.29) is 0 Å². The van der Waals surface area contributed by atoms with E-state index < -0.39 is 0 Å². The molecule has 2 heterocycles. The molecule has 0 amide bonds. The van der Waals surface area contributed by atoms with E-state index >= 15 is 0 Å². The zero-order chi connectivity index (χ0) is 16.5. The van der Waals surface area contributed by atoms with Crippen LogP contribution < -0.4 is 5.32 Å². The summed E-state index contributed by atoms with van der Waals surface area (Å²) in [5, 5.41) is 10.4. The Morgan fingerprint density at radius 1 is 1.08 bits per heavy atom. The van der Waals surface area contributed by atoms with Crippen LogP contribution in [0.2, 0.25) is 0 Å². The van der Waals surface area contributed by atoms with E-state index in [4.69, 9.17) is 0 Å². The number of piperidine rings is 1. The standard InChI is InChI=1S/C20H30N4/c1-2-6-18(7-3-1)16-19-9-14-24(15-10-19)13-5-4-11-21-17-20-8-12-22-23-20/h1-3,6-8,12,19,21H,4-5,9-11,13-17H2,(H,22,23). The fourth-order valence-electron chi connectivity index (χ4n) is 3.55. The fraction of sp³-hybridized carbons (Fsp3) is 0.550. The second-order valence-corrected chi connectivity index (χ2v) is 6.94. The van der Waals surface area contributed by atoms with Gasteiger partial charge < -0.3 is 10.2 Å². The van der Waals surface area contributed by atoms with Gasteiger partial charge in [0.2, 0.25) is 0 Å². The molecule has 0 unspecified atom stereocenters. The van der Waals surface area contributed by atoms with Crippen molar-refractivity contribution in [2.45, 2.75) is 38.6 Å². The molecule has 1 aromatic heterocycles. The molecular formula is C20H30N4. The molecule has 1 aromatic carbocycles. The number of aromatic amines is 1. The van der Waals surface area contributed by atoms with Gasteiger partial charge in [0.05, 0.1) is 0 Å². The third kappa shape index (κ3) is 5.77. The molecule has 24 heavy (non-hydrogen) atoms. The van der Waals surface area contributed by atoms with Gasteiger partial charge in [0.25, 0.3) is 0 Å². The topological polar surface area (TPSA) is 44.0 Å². The molecule has 0 radical (unpaired) electrons. The molecule has 0 bridgehead atoms. The van der Waals surface area contributed by atoms with Crippen molar-refractivity contribution in [3.05, 3.63) is 53.9 Å². The van der Waals surface area contributed by atoms with Crippen LogP contribution in [0, 0.1) is 5.92 Å². The molecule has 0 spiro atoms. The van der Waals surface area contributed by atoms with Crippen LogP contribution in [0.1, 0.15) is 36.9 Å². The van der Waals surface area contributed by atoms with Crippen molar-refractivity contribution >= 4 is 0 Å². The van der Waals surface area contributed by atoms with Crippen LogP contribution in [0.5, 0.6) is 0 Å². The third-order valence-electron chi connectivity index (χ3n) is 5.03. The van der Waals surface area contributed by atoms with Gasteiger partial charge in [-0.2, -0.15) is 5.10 Å². The molecule has 0 atom stereocenters. The van der Waals surface area contributed by atoms with Gasteiger partial charge in [0.1, 0.15) is 0 Å². The molecule has 0 aliphatic carbocycles. The Labute approximate surface area is 145 Å². The Morgan fingerprint density at radius 2 is 1.92 bits per heavy atom. The number of likely N-dealkylation sites (tertiary alicyclic amines) is 1. The summed E-state index contributed by atoms with van der Waals surface area (Å²) in [7, 11) is 0. The van der Waals surface area contributed by atoms with Gasteiger partial charge in [-0.25, -0.2) is 0 Å². The largest absolute Gasteiger partial charge is 0.311 e. The minimum absolute atomic E-state index is 0.875. The Bertz CT molecular complexity index is 544. The van der Waals surface area contributed by atoms with Gasteiger partial charge in [-0.3, -0.25) is 5.10 Å². The molecule has 3 rings (SSSR count). The predicted molar refractivity (Wildman–Crippen MR) is 98.8 cm³/mol. The molecular weight excluding hydrogens is 296 g/mol. The first-order chi connectivity index (χ1) is 11.9. The summed E-state index contributed by atoms with van der Waals surface area (Å²) in [6.45, 7) is 5.79. The van der Waals surface area contributed by atoms with Gasteiger partial charge in [0.15, 0.2) is 0 Å². The van der Waals surface area contributed by atoms with Crippen LogP contribution >= 0.6 is 0 Å². The van der Waals surface area contributed by atoms with E-state index in [0.29, 0.717) is 0 Å². The van der Waals surface area contributed by atoms with Crippen molar-refractivity contribution in [2.24, 2.45) is 5.92 Å². The smallest absolute Gasteiger partial charge is 0.0490 e. The highest BCUT2D eigenvalue weighted by Crippen LogP contribution is 2.21. The summed E-state index contributed by atoms with van der Waals surface area (Å²) >= 11 is 0. The number of aromatic nitrogens is 2. The molecule has 1 aliphatic rings. The zero-order valence-electron chi connectivity index (χ0n) is 14.6. The third-order valence-corrected chi connectivity index (χ3v) is 5.03. The van der Waals surface area contributed by atoms with Crippen molar-refractivity contribution in [1.29, 1.82) is 0 Å². The number of nitrogens with zero attached hydrogens (tertiary/aromatic N) is 2. The first-order valence-corrected chi connectivity index (χ1v) is 9.35. The number of hydrogen-bond donors (Lipinski definition) is 2. The maximum absolute atomic E-state index is 3.96. The molecule has 130 valence electrons. The van der Waals surface area contributed by atoms with Crippen molar-refractivity contribution in [2.75, 3.05) is 26.2 Å². The highest BCUT2D eigenvalue weighted by Gasteiger charge is 2.18. The van der Waals surface area contributed by atoms with Crippen LogP contribution in [0.15, 0.2) is 42.6 Å². The molecule has 4 heteroatoms. The number of nitrogens with one attached hydrogen (secondary N) is 2. The lowest BCUT2D eigenvalue weighted by Gasteiger charge is -2.32. The quantitative estimate of drug-likeness (QED) is 0.695. The minimum Gasteiger partial charge on any atom is -0.311 e. The highest BCUT2D eigenvalue weighted by atomic mass is 15.1. The maximum atomic E-state index is 3.96. The lowest BCUT2D eigenvalue weighted by molar-refractivity contribution is 0.181. The van der Waals surface area contributed by atoms with Crippen LogP contribution in [-0.4, -0.2) is 41.3 Å². The number of hydrogen-bond acceptors (Lipinski definition) is 3. The molecule has 1 fully saturated rings. The number of H-pyrrole nitrogens is 1. The summed E-state index contributed by atoms with van der Waals surface area (Å²) in [5.41, 5.74) is 2.66. The zero-order valence-corrected chi connectivity index (χ0v) is 14.6. The molecule has 4 nitrogen and oxygen atoms in total. The highest BCUT2D eigenvalue weighted by molar-refractivity contribution is 5.15. The Kier molecular flexibility index (Phi) is 6.87. The minimum atomic E-state index is 0.875. The van der Waals surface area contributed by atoms with Crippen LogP contribution in [-0.2, 0) is 13.0 Å². The number of rotatable bonds is 9. The van der Waals surface area contributed by atoms with E-state index in [1.807, 2.05) is 6.07 Å². The SMILES string of the molecule is c1ccc(CC2CCN(CCCCNCc3ccn[nH]3)CC2)cc1. The van der Waals surface area contributed by atoms with Gasteiger partial charge in [-0.05, 0) is 75.8 Å². The summed E-state index contributed by atoms with van der Waals surface area (Å²) in [5.74, 6) is 0.875. The Hall–Kier alpha value is -1.65. The fourth-order valence-corrected chi connectivity index (χ4v) is 3.55. The number of benzene rings is 1. The second-order valence-electron chi connectivity index (χ2n) is 6.94. The van der Waals surface area contributed by atoms with Crippen LogP contribution in [0.25, 0.3) is 0 Å². The van der Waals surface area contributed by atoms with Crippen LogP contribution in [0.3, 0.4) is 0 Å². The van der Waals surface area contributed by atoms with Crippen molar-refractivity contribution in [1.82, 2.24) is 20.4 Å². The average molecular weight is 326 g/mol. The van der Waals surface area contributed by atoms with Crippen molar-refractivity contribution in [3.8, 4) is 0 Å². The number of unbranched alkanes of at least 4 members (excludes halogenated alkanes) is 1. The van der Waals surface area contributed by atoms with E-state index in [1.165, 1.54) is 57.3 Å². The first-order valence-electron chi connectivity index (χ1n) is 9.35. The van der Waals surface area contributed by atoms with Crippen LogP contribution in [0.4, 0.5) is 0 Å². The summed E-state index contributed by atoms with van der Waals surface area (Å²) in [6, 6.07) is 13.0. The lowest BCUT2D eigenvalue weighted by atomic mass is 9.90. The normalized spacial score (nSPS) is 16.5. The molecule has 1 aliphatic heterocycles. The van der Waals surface area contributed by atoms with Crippen molar-refractivity contribution in [3.63, 3.8) is 0 Å². The summed E-state index contributed by atoms with van der Waals surface area (Å²) in [4.78, 5) is 2.65. The predicted octanol–water partition coefficient (Wildman–Crippen LogP) is 3.23. The Morgan fingerprint density at radius 3 is 2.67 bits per heavy atom. The average Bonchev–Trinajstić information content (AvgIpc) is 3.14. The van der Waals surface area contributed by atoms with E-state index in [0.717, 1.165) is 24.7 Å². The molecule has 2 aromatic rings. The first kappa shape index (κ1) is 17.2. The van der Waals surface area contributed by atoms with Gasteiger partial charge >= 0.3 is 0 Å². The van der Waals surface area contributed by atoms with E-state index in [2.05, 4.69) is 50.7 Å². The lowest BCUT2D eigenvalue weighted by Crippen LogP contribution is -2.35. The second kappa shape index (κ2) is 9.60. The van der Waals surface area contributed by atoms with Gasteiger partial charge in [-0.15, -0.1) is 0 Å². The van der Waals surface area contributed by atoms with E-state index in [9.17, 15) is 0 Å². The van der Waals surface area contributed by atoms with Gasteiger partial charge in [0, 0.05) is 18.4 Å². The molecule has 0 saturated carbocycles. The monoisotopic (exact) mass is 326 g/mol. The van der Waals surface area contributed by atoms with Gasteiger partial charge in [-0.1, -0.05) is 30.3 Å². The van der Waals surface area contributed by atoms with E-state index in [1.54, 1.807) is 6.20 Å². The van der Waals surface area contributed by atoms with Crippen molar-refractivity contribution < 1.29 is 0 Å². The Balaban J connectivity index is 1.22. The summed E-state index contributed by atoms with van der Waals surface area (Å²) in [6.07, 6.45) is 8.31.